The van der Waals surface area contributed by atoms with E-state index < -0.39 is 40.9 Å². The maximum atomic E-state index is 14.7. The van der Waals surface area contributed by atoms with E-state index >= 15 is 0 Å². The number of carbonyl (C=O) groups is 2. The van der Waals surface area contributed by atoms with Gasteiger partial charge in [0.2, 0.25) is 5.91 Å². The number of carboxylic acid groups (broad SMARTS) is 1. The van der Waals surface area contributed by atoms with Crippen LogP contribution < -0.4 is 0 Å². The lowest BCUT2D eigenvalue weighted by Gasteiger charge is -2.48. The number of nitrogens with zero attached hydrogens (tertiary/aromatic N) is 1. The molecule has 11 heteroatoms. The van der Waals surface area contributed by atoms with Gasteiger partial charge in [0.05, 0.1) is 11.3 Å². The summed E-state index contributed by atoms with van der Waals surface area (Å²) in [6, 6.07) is 2.14. The number of hydrogen-bond donors (Lipinski definition) is 1. The van der Waals surface area contributed by atoms with Crippen molar-refractivity contribution in [2.75, 3.05) is 6.54 Å². The van der Waals surface area contributed by atoms with Crippen LogP contribution in [0.1, 0.15) is 81.9 Å². The first kappa shape index (κ1) is 29.6. The van der Waals surface area contributed by atoms with Gasteiger partial charge in [-0.05, 0) is 61.5 Å². The van der Waals surface area contributed by atoms with E-state index in [0.717, 1.165) is 12.5 Å². The van der Waals surface area contributed by atoms with E-state index in [2.05, 4.69) is 0 Å². The Balaban J connectivity index is 1.63. The van der Waals surface area contributed by atoms with Crippen molar-refractivity contribution >= 4 is 11.9 Å². The second-order valence-corrected chi connectivity index (χ2v) is 11.7. The number of alkyl halides is 7. The molecule has 0 radical (unpaired) electrons. The number of carboxylic acids is 1. The van der Waals surface area contributed by atoms with Gasteiger partial charge in [-0.1, -0.05) is 45.4 Å². The third-order valence-electron chi connectivity index (χ3n) is 9.81. The van der Waals surface area contributed by atoms with Gasteiger partial charge in [-0.25, -0.2) is 4.39 Å². The van der Waals surface area contributed by atoms with Crippen LogP contribution in [0.5, 0.6) is 0 Å². The summed E-state index contributed by atoms with van der Waals surface area (Å²) in [5.41, 5.74) is -6.89. The molecule has 2 aliphatic carbocycles. The van der Waals surface area contributed by atoms with Gasteiger partial charge < -0.3 is 10.0 Å². The van der Waals surface area contributed by atoms with Crippen LogP contribution in [-0.4, -0.2) is 46.8 Å². The average molecular weight is 566 g/mol. The van der Waals surface area contributed by atoms with E-state index in [0.29, 0.717) is 56.3 Å². The quantitative estimate of drug-likeness (QED) is 0.386. The molecule has 1 aliphatic heterocycles. The Labute approximate surface area is 222 Å². The number of rotatable bonds is 5. The van der Waals surface area contributed by atoms with Gasteiger partial charge in [0, 0.05) is 24.1 Å². The number of carbonyl (C=O) groups excluding carboxylic acids is 1. The lowest BCUT2D eigenvalue weighted by molar-refractivity contribution is -0.348. The van der Waals surface area contributed by atoms with Crippen LogP contribution in [0.2, 0.25) is 0 Å². The Kier molecular flexibility index (Phi) is 7.56. The lowest BCUT2D eigenvalue weighted by Crippen LogP contribution is -2.53. The van der Waals surface area contributed by atoms with Crippen LogP contribution in [0, 0.1) is 23.2 Å². The zero-order valence-electron chi connectivity index (χ0n) is 22.1. The van der Waals surface area contributed by atoms with E-state index in [4.69, 9.17) is 0 Å². The smallest absolute Gasteiger partial charge is 0.435 e. The summed E-state index contributed by atoms with van der Waals surface area (Å²) >= 11 is 0. The first-order valence-electron chi connectivity index (χ1n) is 13.5. The number of aliphatic carboxylic acids is 1. The Morgan fingerprint density at radius 1 is 1.08 bits per heavy atom. The highest BCUT2D eigenvalue weighted by Gasteiger charge is 2.73. The fourth-order valence-corrected chi connectivity index (χ4v) is 7.43. The maximum absolute atomic E-state index is 14.7. The summed E-state index contributed by atoms with van der Waals surface area (Å²) in [5, 5.41) is 9.59. The van der Waals surface area contributed by atoms with Crippen LogP contribution in [0.4, 0.5) is 30.7 Å². The third kappa shape index (κ3) is 4.61. The van der Waals surface area contributed by atoms with Crippen molar-refractivity contribution in [1.29, 1.82) is 0 Å². The molecule has 2 fully saturated rings. The molecule has 1 amide bonds. The summed E-state index contributed by atoms with van der Waals surface area (Å²) in [5.74, 6) is -1.90. The Morgan fingerprint density at radius 3 is 2.26 bits per heavy atom. The number of fused-ring (bicyclic) bond motifs is 3. The number of likely N-dealkylation sites (tertiary alicyclic amines) is 1. The zero-order chi connectivity index (χ0) is 29.1. The second kappa shape index (κ2) is 9.94. The van der Waals surface area contributed by atoms with Crippen LogP contribution in [-0.2, 0) is 21.7 Å². The average Bonchev–Trinajstić information content (AvgIpc) is 3.29. The Morgan fingerprint density at radius 2 is 1.72 bits per heavy atom. The summed E-state index contributed by atoms with van der Waals surface area (Å²) in [6.07, 6.45) is -9.38. The number of halogens is 7. The summed E-state index contributed by atoms with van der Waals surface area (Å²) in [7, 11) is 0. The van der Waals surface area contributed by atoms with Gasteiger partial charge in [-0.2, -0.15) is 26.3 Å². The highest BCUT2D eigenvalue weighted by molar-refractivity contribution is 5.84. The number of hydrogen-bond acceptors (Lipinski definition) is 2. The van der Waals surface area contributed by atoms with E-state index in [1.165, 1.54) is 0 Å². The molecule has 0 aromatic heterocycles. The Bertz CT molecular complexity index is 1100. The SMILES string of the molecule is CCC(C)C1(C(=O)N2CC[C@H]3c4ccc(C(F)(C(F)(F)F)C(F)(F)F)cc4CC[C@H]32)CC[C@@H](C(=O)O)[C@H](C)C1. The van der Waals surface area contributed by atoms with Crippen molar-refractivity contribution in [3.8, 4) is 0 Å². The first-order valence-corrected chi connectivity index (χ1v) is 13.5. The lowest BCUT2D eigenvalue weighted by atomic mass is 9.59. The first-order chi connectivity index (χ1) is 18.0. The van der Waals surface area contributed by atoms with Crippen LogP contribution in [0.3, 0.4) is 0 Å². The molecule has 4 nitrogen and oxygen atoms in total. The monoisotopic (exact) mass is 565 g/mol. The van der Waals surface area contributed by atoms with E-state index in [1.54, 1.807) is 0 Å². The maximum Gasteiger partial charge on any atom is 0.435 e. The molecular formula is C28H34F7NO3. The molecule has 1 saturated heterocycles. The molecule has 1 saturated carbocycles. The third-order valence-corrected chi connectivity index (χ3v) is 9.81. The highest BCUT2D eigenvalue weighted by atomic mass is 19.4. The van der Waals surface area contributed by atoms with E-state index in [1.807, 2.05) is 25.7 Å². The molecule has 3 aliphatic rings. The van der Waals surface area contributed by atoms with Crippen molar-refractivity contribution < 1.29 is 45.4 Å². The topological polar surface area (TPSA) is 57.6 Å². The molecule has 1 aromatic carbocycles. The second-order valence-electron chi connectivity index (χ2n) is 11.7. The zero-order valence-corrected chi connectivity index (χ0v) is 22.1. The molecule has 4 rings (SSSR count). The molecule has 218 valence electrons. The molecule has 1 heterocycles. The largest absolute Gasteiger partial charge is 0.481 e. The number of aryl methyl sites for hydroxylation is 1. The molecule has 39 heavy (non-hydrogen) atoms. The van der Waals surface area contributed by atoms with E-state index in [9.17, 15) is 45.4 Å². The predicted octanol–water partition coefficient (Wildman–Crippen LogP) is 7.16. The molecule has 6 atom stereocenters. The van der Waals surface area contributed by atoms with Crippen molar-refractivity contribution in [3.63, 3.8) is 0 Å². The minimum Gasteiger partial charge on any atom is -0.481 e. The van der Waals surface area contributed by atoms with Crippen molar-refractivity contribution in [3.05, 3.63) is 34.9 Å². The van der Waals surface area contributed by atoms with Crippen LogP contribution >= 0.6 is 0 Å². The summed E-state index contributed by atoms with van der Waals surface area (Å²) in [6.45, 7) is 6.24. The molecule has 1 aromatic rings. The highest BCUT2D eigenvalue weighted by Crippen LogP contribution is 2.55. The molecule has 0 bridgehead atoms. The van der Waals surface area contributed by atoms with Crippen molar-refractivity contribution in [2.45, 2.75) is 95.7 Å². The number of benzene rings is 1. The molecular weight excluding hydrogens is 531 g/mol. The Hall–Kier alpha value is -2.33. The predicted molar refractivity (Wildman–Crippen MR) is 129 cm³/mol. The molecule has 2 unspecified atom stereocenters. The van der Waals surface area contributed by atoms with E-state index in [-0.39, 0.29) is 41.7 Å². The standard InChI is InChI=1S/C28H34F7NO3/c1-4-16(3)25(11-9-19(23(37)38)15(2)14-25)24(39)36-12-10-21-20-7-6-18(13-17(20)5-8-22(21)36)26(29,27(30,31)32)28(33,34)35/h6-7,13,15-16,19,21-22H,4-5,8-12,14H2,1-3H3,(H,37,38)/t15-,16?,19-,21+,22-,25?/m1/s1. The van der Waals surface area contributed by atoms with Crippen molar-refractivity contribution in [1.82, 2.24) is 4.90 Å². The minimum absolute atomic E-state index is 0.00194. The molecule has 0 spiro atoms. The van der Waals surface area contributed by atoms with Gasteiger partial charge >= 0.3 is 24.0 Å². The summed E-state index contributed by atoms with van der Waals surface area (Å²) < 4.78 is 94.5. The number of amides is 1. The van der Waals surface area contributed by atoms with Gasteiger partial charge in [0.1, 0.15) is 0 Å². The molecule has 1 N–H and O–H groups in total. The van der Waals surface area contributed by atoms with Gasteiger partial charge in [0.15, 0.2) is 0 Å². The van der Waals surface area contributed by atoms with Gasteiger partial charge in [0.25, 0.3) is 0 Å². The van der Waals surface area contributed by atoms with Gasteiger partial charge in [-0.15, -0.1) is 0 Å². The summed E-state index contributed by atoms with van der Waals surface area (Å²) in [4.78, 5) is 27.7. The fourth-order valence-electron chi connectivity index (χ4n) is 7.43. The fraction of sp³-hybridized carbons (Fsp3) is 0.714. The normalized spacial score (nSPS) is 30.5. The van der Waals surface area contributed by atoms with Crippen molar-refractivity contribution in [2.24, 2.45) is 23.2 Å². The van der Waals surface area contributed by atoms with Crippen LogP contribution in [0.15, 0.2) is 18.2 Å². The van der Waals surface area contributed by atoms with Gasteiger partial charge in [-0.3, -0.25) is 9.59 Å². The minimum atomic E-state index is -6.17. The van der Waals surface area contributed by atoms with Crippen LogP contribution in [0.25, 0.3) is 0 Å².